The fourth-order valence-electron chi connectivity index (χ4n) is 1.22. The molecule has 1 aromatic carbocycles. The Morgan fingerprint density at radius 3 is 2.94 bits per heavy atom. The summed E-state index contributed by atoms with van der Waals surface area (Å²) in [7, 11) is 0. The van der Waals surface area contributed by atoms with Crippen LogP contribution in [0.4, 0.5) is 4.39 Å². The Labute approximate surface area is 110 Å². The standard InChI is InChI=1S/C10H8BrFN4S/c1-6-14-15-10(17)16(6)13-5-7-2-3-9(12)8(11)4-7/h2-5H,1H3,(H,15,17)/b13-5-. The smallest absolute Gasteiger partial charge is 0.216 e. The first kappa shape index (κ1) is 12.1. The number of H-pyrrole nitrogens is 1. The third-order valence-corrected chi connectivity index (χ3v) is 2.95. The van der Waals surface area contributed by atoms with Gasteiger partial charge in [-0.1, -0.05) is 6.07 Å². The lowest BCUT2D eigenvalue weighted by molar-refractivity contribution is 0.621. The van der Waals surface area contributed by atoms with Gasteiger partial charge in [-0.3, -0.25) is 5.10 Å². The predicted octanol–water partition coefficient (Wildman–Crippen LogP) is 3.03. The molecular weight excluding hydrogens is 307 g/mol. The third-order valence-electron chi connectivity index (χ3n) is 2.08. The first-order chi connectivity index (χ1) is 8.08. The summed E-state index contributed by atoms with van der Waals surface area (Å²) in [5.41, 5.74) is 0.765. The van der Waals surface area contributed by atoms with E-state index in [4.69, 9.17) is 12.2 Å². The largest absolute Gasteiger partial charge is 0.250 e. The Bertz CT molecular complexity index is 631. The minimum atomic E-state index is -0.307. The van der Waals surface area contributed by atoms with Crippen molar-refractivity contribution < 1.29 is 4.39 Å². The van der Waals surface area contributed by atoms with Crippen molar-refractivity contribution in [2.24, 2.45) is 5.10 Å². The molecule has 1 heterocycles. The minimum absolute atomic E-state index is 0.307. The molecule has 0 fully saturated rings. The topological polar surface area (TPSA) is 46.0 Å². The van der Waals surface area contributed by atoms with Crippen LogP contribution in [0.15, 0.2) is 27.8 Å². The highest BCUT2D eigenvalue weighted by Gasteiger charge is 2.00. The normalized spacial score (nSPS) is 11.2. The predicted molar refractivity (Wildman–Crippen MR) is 69.2 cm³/mol. The molecule has 0 bridgehead atoms. The first-order valence-corrected chi connectivity index (χ1v) is 5.91. The van der Waals surface area contributed by atoms with Crippen molar-refractivity contribution in [3.63, 3.8) is 0 Å². The maximum atomic E-state index is 13.0. The summed E-state index contributed by atoms with van der Waals surface area (Å²) in [6.45, 7) is 1.78. The van der Waals surface area contributed by atoms with Crippen LogP contribution in [-0.4, -0.2) is 21.1 Å². The molecule has 0 atom stereocenters. The van der Waals surface area contributed by atoms with E-state index < -0.39 is 0 Å². The highest BCUT2D eigenvalue weighted by Crippen LogP contribution is 2.15. The molecule has 0 unspecified atom stereocenters. The molecule has 88 valence electrons. The second-order valence-electron chi connectivity index (χ2n) is 3.31. The van der Waals surface area contributed by atoms with Gasteiger partial charge in [0.1, 0.15) is 11.6 Å². The lowest BCUT2D eigenvalue weighted by atomic mass is 10.2. The van der Waals surface area contributed by atoms with Gasteiger partial charge in [-0.25, -0.2) is 4.39 Å². The zero-order valence-electron chi connectivity index (χ0n) is 8.82. The van der Waals surface area contributed by atoms with Crippen LogP contribution in [0.3, 0.4) is 0 Å². The quantitative estimate of drug-likeness (QED) is 0.684. The summed E-state index contributed by atoms with van der Waals surface area (Å²) in [6.07, 6.45) is 1.59. The Morgan fingerprint density at radius 1 is 1.59 bits per heavy atom. The Balaban J connectivity index is 2.32. The number of hydrogen-bond donors (Lipinski definition) is 1. The number of benzene rings is 1. The van der Waals surface area contributed by atoms with E-state index in [0.717, 1.165) is 5.56 Å². The van der Waals surface area contributed by atoms with Crippen LogP contribution in [0.25, 0.3) is 0 Å². The van der Waals surface area contributed by atoms with Crippen molar-refractivity contribution in [2.45, 2.75) is 6.92 Å². The van der Waals surface area contributed by atoms with Crippen molar-refractivity contribution in [3.05, 3.63) is 44.6 Å². The number of halogens is 2. The van der Waals surface area contributed by atoms with E-state index in [-0.39, 0.29) is 5.82 Å². The first-order valence-electron chi connectivity index (χ1n) is 4.71. The van der Waals surface area contributed by atoms with Crippen LogP contribution < -0.4 is 0 Å². The van der Waals surface area contributed by atoms with Crippen molar-refractivity contribution in [1.29, 1.82) is 0 Å². The van der Waals surface area contributed by atoms with Crippen molar-refractivity contribution >= 4 is 34.4 Å². The number of aromatic nitrogens is 3. The lowest BCUT2D eigenvalue weighted by Gasteiger charge is -1.97. The fraction of sp³-hybridized carbons (Fsp3) is 0.100. The molecule has 4 nitrogen and oxygen atoms in total. The van der Waals surface area contributed by atoms with Gasteiger partial charge in [0.05, 0.1) is 10.7 Å². The fourth-order valence-corrected chi connectivity index (χ4v) is 1.84. The maximum absolute atomic E-state index is 13.0. The number of rotatable bonds is 2. The van der Waals surface area contributed by atoms with Crippen LogP contribution in [0.5, 0.6) is 0 Å². The van der Waals surface area contributed by atoms with Gasteiger partial charge < -0.3 is 0 Å². The van der Waals surface area contributed by atoms with E-state index >= 15 is 0 Å². The molecule has 0 aliphatic rings. The summed E-state index contributed by atoms with van der Waals surface area (Å²) in [6, 6.07) is 4.63. The zero-order valence-corrected chi connectivity index (χ0v) is 11.2. The van der Waals surface area contributed by atoms with Crippen LogP contribution >= 0.6 is 28.1 Å². The Hall–Kier alpha value is -1.34. The van der Waals surface area contributed by atoms with E-state index in [1.54, 1.807) is 25.3 Å². The van der Waals surface area contributed by atoms with Crippen LogP contribution in [0.1, 0.15) is 11.4 Å². The summed E-state index contributed by atoms with van der Waals surface area (Å²) >= 11 is 8.11. The van der Waals surface area contributed by atoms with E-state index in [9.17, 15) is 4.39 Å². The zero-order chi connectivity index (χ0) is 12.4. The highest BCUT2D eigenvalue weighted by molar-refractivity contribution is 9.10. The molecule has 1 aromatic heterocycles. The molecule has 0 radical (unpaired) electrons. The molecule has 2 rings (SSSR count). The van der Waals surface area contributed by atoms with Crippen molar-refractivity contribution in [3.8, 4) is 0 Å². The summed E-state index contributed by atoms with van der Waals surface area (Å²) in [5.74, 6) is 0.352. The van der Waals surface area contributed by atoms with Gasteiger partial charge in [-0.2, -0.15) is 14.9 Å². The molecular formula is C10H8BrFN4S. The number of hydrogen-bond acceptors (Lipinski definition) is 3. The van der Waals surface area contributed by atoms with E-state index in [1.165, 1.54) is 10.7 Å². The molecule has 0 spiro atoms. The van der Waals surface area contributed by atoms with E-state index in [0.29, 0.717) is 15.1 Å². The van der Waals surface area contributed by atoms with Crippen LogP contribution in [-0.2, 0) is 0 Å². The van der Waals surface area contributed by atoms with Crippen LogP contribution in [0.2, 0.25) is 0 Å². The van der Waals surface area contributed by atoms with Crippen LogP contribution in [0, 0.1) is 17.5 Å². The number of nitrogens with zero attached hydrogens (tertiary/aromatic N) is 3. The summed E-state index contributed by atoms with van der Waals surface area (Å²) in [5, 5.41) is 10.7. The molecule has 0 aliphatic heterocycles. The van der Waals surface area contributed by atoms with Gasteiger partial charge in [-0.05, 0) is 52.8 Å². The minimum Gasteiger partial charge on any atom is -0.250 e. The Morgan fingerprint density at radius 2 is 2.35 bits per heavy atom. The third kappa shape index (κ3) is 2.67. The van der Waals surface area contributed by atoms with Gasteiger partial charge in [0.15, 0.2) is 0 Å². The van der Waals surface area contributed by atoms with E-state index in [2.05, 4.69) is 31.2 Å². The molecule has 2 aromatic rings. The average Bonchev–Trinajstić information content (AvgIpc) is 2.61. The van der Waals surface area contributed by atoms with Gasteiger partial charge in [0, 0.05) is 0 Å². The SMILES string of the molecule is Cc1n[nH]c(=S)n1/N=C\c1ccc(F)c(Br)c1. The van der Waals surface area contributed by atoms with Crippen molar-refractivity contribution in [1.82, 2.24) is 14.9 Å². The van der Waals surface area contributed by atoms with Crippen molar-refractivity contribution in [2.75, 3.05) is 0 Å². The van der Waals surface area contributed by atoms with E-state index in [1.807, 2.05) is 0 Å². The Kier molecular flexibility index (Phi) is 3.49. The van der Waals surface area contributed by atoms with Gasteiger partial charge in [-0.15, -0.1) is 0 Å². The number of aryl methyl sites for hydroxylation is 1. The summed E-state index contributed by atoms with van der Waals surface area (Å²) in [4.78, 5) is 0. The van der Waals surface area contributed by atoms with Gasteiger partial charge in [0.25, 0.3) is 0 Å². The van der Waals surface area contributed by atoms with Gasteiger partial charge >= 0.3 is 0 Å². The molecule has 0 amide bonds. The van der Waals surface area contributed by atoms with Gasteiger partial charge in [0.2, 0.25) is 4.77 Å². The number of aromatic amines is 1. The highest BCUT2D eigenvalue weighted by atomic mass is 79.9. The molecule has 7 heteroatoms. The summed E-state index contributed by atoms with van der Waals surface area (Å²) < 4.78 is 15.3. The molecule has 1 N–H and O–H groups in total. The second-order valence-corrected chi connectivity index (χ2v) is 4.55. The molecule has 0 aliphatic carbocycles. The molecule has 0 saturated carbocycles. The average molecular weight is 315 g/mol. The lowest BCUT2D eigenvalue weighted by Crippen LogP contribution is -1.94. The molecule has 0 saturated heterocycles. The monoisotopic (exact) mass is 314 g/mol. The number of nitrogens with one attached hydrogen (secondary N) is 1. The maximum Gasteiger partial charge on any atom is 0.216 e. The second kappa shape index (κ2) is 4.89. The molecule has 17 heavy (non-hydrogen) atoms.